The van der Waals surface area contributed by atoms with E-state index in [4.69, 9.17) is 4.74 Å². The Bertz CT molecular complexity index is 514. The summed E-state index contributed by atoms with van der Waals surface area (Å²) in [4.78, 5) is 27.5. The maximum absolute atomic E-state index is 11.9. The second-order valence-electron chi connectivity index (χ2n) is 5.64. The number of ether oxygens (including phenoxy) is 1. The molecule has 0 saturated heterocycles. The molecule has 0 fully saturated rings. The number of carbonyl (C=O) groups excluding carboxylic acids is 2. The molecule has 7 nitrogen and oxygen atoms in total. The van der Waals surface area contributed by atoms with E-state index in [0.717, 1.165) is 4.47 Å². The van der Waals surface area contributed by atoms with Crippen molar-refractivity contribution < 1.29 is 19.4 Å². The second kappa shape index (κ2) is 8.09. The highest BCUT2D eigenvalue weighted by molar-refractivity contribution is 9.10. The van der Waals surface area contributed by atoms with Crippen LogP contribution in [0.15, 0.2) is 22.8 Å². The minimum Gasteiger partial charge on any atom is -0.444 e. The number of alkyl carbamates (subject to hydrolysis) is 1. The molecule has 3 N–H and O–H groups in total. The van der Waals surface area contributed by atoms with Gasteiger partial charge in [0.15, 0.2) is 0 Å². The van der Waals surface area contributed by atoms with Gasteiger partial charge in [-0.25, -0.2) is 9.78 Å². The van der Waals surface area contributed by atoms with Crippen LogP contribution in [-0.2, 0) is 9.53 Å². The molecule has 0 spiro atoms. The van der Waals surface area contributed by atoms with Crippen LogP contribution in [-0.4, -0.2) is 40.3 Å². The van der Waals surface area contributed by atoms with Gasteiger partial charge < -0.3 is 20.5 Å². The third-order valence-corrected chi connectivity index (χ3v) is 2.84. The molecule has 0 aromatic carbocycles. The van der Waals surface area contributed by atoms with Crippen molar-refractivity contribution in [3.8, 4) is 0 Å². The van der Waals surface area contributed by atoms with E-state index in [2.05, 4.69) is 31.5 Å². The number of anilines is 1. The van der Waals surface area contributed by atoms with Crippen molar-refractivity contribution >= 4 is 33.7 Å². The van der Waals surface area contributed by atoms with Crippen molar-refractivity contribution in [1.82, 2.24) is 10.3 Å². The van der Waals surface area contributed by atoms with Crippen LogP contribution >= 0.6 is 15.9 Å². The molecule has 8 heteroatoms. The first-order chi connectivity index (χ1) is 10.2. The first-order valence-corrected chi connectivity index (χ1v) is 7.50. The quantitative estimate of drug-likeness (QED) is 0.733. The summed E-state index contributed by atoms with van der Waals surface area (Å²) >= 11 is 3.24. The zero-order valence-corrected chi connectivity index (χ0v) is 14.3. The first kappa shape index (κ1) is 18.4. The molecule has 122 valence electrons. The highest BCUT2D eigenvalue weighted by atomic mass is 79.9. The molecule has 0 radical (unpaired) electrons. The van der Waals surface area contributed by atoms with E-state index in [1.54, 1.807) is 39.1 Å². The summed E-state index contributed by atoms with van der Waals surface area (Å²) in [5.41, 5.74) is -0.645. The van der Waals surface area contributed by atoms with Gasteiger partial charge in [0.25, 0.3) is 0 Å². The fourth-order valence-corrected chi connectivity index (χ4v) is 1.74. The number of aromatic nitrogens is 1. The van der Waals surface area contributed by atoms with Crippen LogP contribution < -0.4 is 10.6 Å². The minimum absolute atomic E-state index is 0.0898. The zero-order valence-electron chi connectivity index (χ0n) is 12.7. The average Bonchev–Trinajstić information content (AvgIpc) is 2.38. The molecule has 2 amide bonds. The van der Waals surface area contributed by atoms with E-state index in [0.29, 0.717) is 5.82 Å². The smallest absolute Gasteiger partial charge is 0.407 e. The summed E-state index contributed by atoms with van der Waals surface area (Å²) in [5.74, 6) is 0.0205. The van der Waals surface area contributed by atoms with Crippen LogP contribution in [0.3, 0.4) is 0 Å². The van der Waals surface area contributed by atoms with Gasteiger partial charge in [-0.05, 0) is 48.8 Å². The van der Waals surface area contributed by atoms with Gasteiger partial charge in [0.05, 0.1) is 12.6 Å². The summed E-state index contributed by atoms with van der Waals surface area (Å²) in [7, 11) is 0. The number of halogens is 1. The Kier molecular flexibility index (Phi) is 6.76. The van der Waals surface area contributed by atoms with Crippen molar-refractivity contribution in [2.24, 2.45) is 0 Å². The molecule has 1 aromatic heterocycles. The first-order valence-electron chi connectivity index (χ1n) is 6.71. The predicted octanol–water partition coefficient (Wildman–Crippen LogP) is 2.06. The molecule has 1 atom stereocenters. The van der Waals surface area contributed by atoms with E-state index in [1.165, 1.54) is 0 Å². The predicted molar refractivity (Wildman–Crippen MR) is 85.4 cm³/mol. The maximum Gasteiger partial charge on any atom is 0.407 e. The molecule has 0 saturated carbocycles. The number of rotatable bonds is 5. The molecule has 0 bridgehead atoms. The lowest BCUT2D eigenvalue weighted by Gasteiger charge is -2.22. The molecule has 0 aliphatic rings. The lowest BCUT2D eigenvalue weighted by Crippen LogP contribution is -2.42. The molecule has 1 aromatic rings. The molecule has 0 aliphatic carbocycles. The normalized spacial score (nSPS) is 12.4. The lowest BCUT2D eigenvalue weighted by atomic mass is 10.2. The Morgan fingerprint density at radius 2 is 2.09 bits per heavy atom. The summed E-state index contributed by atoms with van der Waals surface area (Å²) < 4.78 is 5.87. The van der Waals surface area contributed by atoms with Crippen molar-refractivity contribution in [3.63, 3.8) is 0 Å². The lowest BCUT2D eigenvalue weighted by molar-refractivity contribution is -0.116. The zero-order chi connectivity index (χ0) is 16.8. The highest BCUT2D eigenvalue weighted by Crippen LogP contribution is 2.11. The monoisotopic (exact) mass is 373 g/mol. The third-order valence-electron chi connectivity index (χ3n) is 2.37. The highest BCUT2D eigenvalue weighted by Gasteiger charge is 2.21. The molecule has 22 heavy (non-hydrogen) atoms. The van der Waals surface area contributed by atoms with Crippen molar-refractivity contribution in [2.75, 3.05) is 11.9 Å². The van der Waals surface area contributed by atoms with E-state index in [1.807, 2.05) is 0 Å². The summed E-state index contributed by atoms with van der Waals surface area (Å²) in [5, 5.41) is 14.3. The van der Waals surface area contributed by atoms with Crippen molar-refractivity contribution in [2.45, 2.75) is 38.8 Å². The van der Waals surface area contributed by atoms with E-state index in [9.17, 15) is 14.7 Å². The molecule has 0 aliphatic heterocycles. The Labute approximate surface area is 137 Å². The van der Waals surface area contributed by atoms with E-state index in [-0.39, 0.29) is 18.9 Å². The van der Waals surface area contributed by atoms with E-state index < -0.39 is 17.7 Å². The molecule has 1 unspecified atom stereocenters. The van der Waals surface area contributed by atoms with Gasteiger partial charge in [-0.3, -0.25) is 4.79 Å². The summed E-state index contributed by atoms with van der Waals surface area (Å²) in [6.45, 7) is 4.81. The van der Waals surface area contributed by atoms with Crippen LogP contribution in [0.2, 0.25) is 0 Å². The van der Waals surface area contributed by atoms with Crippen LogP contribution in [0.5, 0.6) is 0 Å². The topological polar surface area (TPSA) is 101 Å². The number of nitrogens with one attached hydrogen (secondary N) is 2. The van der Waals surface area contributed by atoms with Gasteiger partial charge in [0.1, 0.15) is 11.4 Å². The van der Waals surface area contributed by atoms with Gasteiger partial charge in [-0.2, -0.15) is 0 Å². The molecular formula is C14H20BrN3O4. The third kappa shape index (κ3) is 7.37. The van der Waals surface area contributed by atoms with Gasteiger partial charge in [0.2, 0.25) is 5.91 Å². The minimum atomic E-state index is -0.731. The van der Waals surface area contributed by atoms with Gasteiger partial charge in [-0.1, -0.05) is 0 Å². The Morgan fingerprint density at radius 1 is 1.41 bits per heavy atom. The molecule has 1 rings (SSSR count). The van der Waals surface area contributed by atoms with Crippen LogP contribution in [0.4, 0.5) is 10.6 Å². The molecular weight excluding hydrogens is 354 g/mol. The number of aliphatic hydroxyl groups is 1. The van der Waals surface area contributed by atoms with Crippen LogP contribution in [0.25, 0.3) is 0 Å². The number of aliphatic hydroxyl groups excluding tert-OH is 1. The number of hydrogen-bond acceptors (Lipinski definition) is 5. The number of amides is 2. The standard InChI is InChI=1S/C14H20BrN3O4/c1-14(2,3)22-13(21)17-10(8-19)6-12(20)18-11-5-4-9(15)7-16-11/h4-5,7,10,19H,6,8H2,1-3H3,(H,17,21)(H,16,18,20). The fraction of sp³-hybridized carbons (Fsp3) is 0.500. The maximum atomic E-state index is 11.9. The van der Waals surface area contributed by atoms with Crippen molar-refractivity contribution in [3.05, 3.63) is 22.8 Å². The largest absolute Gasteiger partial charge is 0.444 e. The fourth-order valence-electron chi connectivity index (χ4n) is 1.50. The van der Waals surface area contributed by atoms with Crippen molar-refractivity contribution in [1.29, 1.82) is 0 Å². The SMILES string of the molecule is CC(C)(C)OC(=O)NC(CO)CC(=O)Nc1ccc(Br)cn1. The van der Waals surface area contributed by atoms with Crippen LogP contribution in [0.1, 0.15) is 27.2 Å². The molecule has 1 heterocycles. The summed E-state index contributed by atoms with van der Waals surface area (Å²) in [6, 6.07) is 2.65. The van der Waals surface area contributed by atoms with Gasteiger partial charge in [-0.15, -0.1) is 0 Å². The Hall–Kier alpha value is -1.67. The Morgan fingerprint density at radius 3 is 2.59 bits per heavy atom. The number of nitrogens with zero attached hydrogens (tertiary/aromatic N) is 1. The second-order valence-corrected chi connectivity index (χ2v) is 6.56. The van der Waals surface area contributed by atoms with Gasteiger partial charge >= 0.3 is 6.09 Å². The van der Waals surface area contributed by atoms with Crippen LogP contribution in [0, 0.1) is 0 Å². The Balaban J connectivity index is 2.49. The van der Waals surface area contributed by atoms with E-state index >= 15 is 0 Å². The number of hydrogen-bond donors (Lipinski definition) is 3. The number of carbonyl (C=O) groups is 2. The average molecular weight is 374 g/mol. The van der Waals surface area contributed by atoms with Gasteiger partial charge in [0, 0.05) is 17.1 Å². The summed E-state index contributed by atoms with van der Waals surface area (Å²) in [6.07, 6.45) is 0.784. The number of pyridine rings is 1.